The number of hydrogen-bond donors (Lipinski definition) is 0. The predicted molar refractivity (Wildman–Crippen MR) is 115 cm³/mol. The van der Waals surface area contributed by atoms with Crippen LogP contribution >= 0.6 is 0 Å². The van der Waals surface area contributed by atoms with Gasteiger partial charge in [-0.05, 0) is 31.4 Å². The Balaban J connectivity index is 2.29. The molecule has 0 amide bonds. The van der Waals surface area contributed by atoms with E-state index in [2.05, 4.69) is 13.5 Å². The highest BCUT2D eigenvalue weighted by Crippen LogP contribution is 2.42. The standard InChI is InChI=1S/C25H26O4/c1-6-15(3)12-17-13-20(29-14-16(4)7-2)21-22(25(17)28-5)24(27)19-11-9-8-10-18(19)23(21)26/h8-13H,4,6-7,14H2,1-3,5H3/b15-12-. The molecule has 2 aromatic carbocycles. The van der Waals surface area contributed by atoms with Gasteiger partial charge >= 0.3 is 0 Å². The summed E-state index contributed by atoms with van der Waals surface area (Å²) in [6.07, 6.45) is 3.60. The Morgan fingerprint density at radius 1 is 1.03 bits per heavy atom. The molecule has 0 radical (unpaired) electrons. The molecule has 0 N–H and O–H groups in total. The van der Waals surface area contributed by atoms with Crippen LogP contribution in [0.4, 0.5) is 0 Å². The molecule has 2 aromatic rings. The van der Waals surface area contributed by atoms with Gasteiger partial charge in [-0.25, -0.2) is 0 Å². The second kappa shape index (κ2) is 8.48. The highest BCUT2D eigenvalue weighted by Gasteiger charge is 2.36. The molecule has 4 nitrogen and oxygen atoms in total. The van der Waals surface area contributed by atoms with Crippen LogP contribution in [0, 0.1) is 0 Å². The highest BCUT2D eigenvalue weighted by molar-refractivity contribution is 6.30. The first kappa shape index (κ1) is 20.6. The minimum absolute atomic E-state index is 0.226. The smallest absolute Gasteiger partial charge is 0.198 e. The Hall–Kier alpha value is -3.14. The summed E-state index contributed by atoms with van der Waals surface area (Å²) in [4.78, 5) is 26.7. The molecule has 0 saturated heterocycles. The molecule has 0 bridgehead atoms. The van der Waals surface area contributed by atoms with Gasteiger partial charge in [0.05, 0.1) is 18.2 Å². The monoisotopic (exact) mass is 390 g/mol. The maximum absolute atomic E-state index is 13.4. The summed E-state index contributed by atoms with van der Waals surface area (Å²) in [6, 6.07) is 8.66. The zero-order valence-corrected chi connectivity index (χ0v) is 17.4. The molecule has 1 aliphatic carbocycles. The van der Waals surface area contributed by atoms with E-state index >= 15 is 0 Å². The van der Waals surface area contributed by atoms with Gasteiger partial charge < -0.3 is 9.47 Å². The molecule has 0 heterocycles. The molecular formula is C25H26O4. The minimum Gasteiger partial charge on any atom is -0.495 e. The summed E-state index contributed by atoms with van der Waals surface area (Å²) < 4.78 is 11.6. The van der Waals surface area contributed by atoms with Crippen LogP contribution in [-0.4, -0.2) is 25.3 Å². The predicted octanol–water partition coefficient (Wildman–Crippen LogP) is 5.63. The van der Waals surface area contributed by atoms with E-state index in [1.807, 2.05) is 19.9 Å². The van der Waals surface area contributed by atoms with Crippen molar-refractivity contribution >= 4 is 17.6 Å². The average Bonchev–Trinajstić information content (AvgIpc) is 2.74. The summed E-state index contributed by atoms with van der Waals surface area (Å²) in [6.45, 7) is 10.3. The molecule has 0 fully saturated rings. The number of allylic oxidation sites excluding steroid dienone is 1. The molecular weight excluding hydrogens is 364 g/mol. The second-order valence-corrected chi connectivity index (χ2v) is 7.19. The van der Waals surface area contributed by atoms with E-state index in [1.165, 1.54) is 7.11 Å². The van der Waals surface area contributed by atoms with E-state index in [0.717, 1.165) is 29.6 Å². The van der Waals surface area contributed by atoms with E-state index in [1.54, 1.807) is 30.3 Å². The number of rotatable bonds is 7. The van der Waals surface area contributed by atoms with Crippen LogP contribution in [0.3, 0.4) is 0 Å². The molecule has 0 spiro atoms. The fourth-order valence-electron chi connectivity index (χ4n) is 3.34. The zero-order valence-electron chi connectivity index (χ0n) is 17.4. The first-order valence-electron chi connectivity index (χ1n) is 9.82. The van der Waals surface area contributed by atoms with Crippen molar-refractivity contribution in [2.45, 2.75) is 33.6 Å². The lowest BCUT2D eigenvalue weighted by molar-refractivity contribution is 0.0973. The SMILES string of the molecule is C=C(CC)COc1cc(/C=C(/C)CC)c(OC)c2c1C(=O)c1ccccc1C2=O. The van der Waals surface area contributed by atoms with Gasteiger partial charge in [-0.15, -0.1) is 0 Å². The minimum atomic E-state index is -0.228. The fraction of sp³-hybridized carbons (Fsp3) is 0.280. The van der Waals surface area contributed by atoms with Gasteiger partial charge in [0.25, 0.3) is 0 Å². The molecule has 0 aliphatic heterocycles. The summed E-state index contributed by atoms with van der Waals surface area (Å²) in [7, 11) is 1.52. The number of methoxy groups -OCH3 is 1. The van der Waals surface area contributed by atoms with Gasteiger partial charge in [0, 0.05) is 16.7 Å². The van der Waals surface area contributed by atoms with Crippen LogP contribution in [0.15, 0.2) is 48.1 Å². The van der Waals surface area contributed by atoms with Crippen LogP contribution in [0.2, 0.25) is 0 Å². The average molecular weight is 390 g/mol. The first-order chi connectivity index (χ1) is 13.9. The largest absolute Gasteiger partial charge is 0.495 e. The summed E-state index contributed by atoms with van der Waals surface area (Å²) >= 11 is 0. The van der Waals surface area contributed by atoms with E-state index in [-0.39, 0.29) is 29.3 Å². The van der Waals surface area contributed by atoms with Gasteiger partial charge in [-0.2, -0.15) is 0 Å². The molecule has 0 aromatic heterocycles. The third kappa shape index (κ3) is 3.75. The van der Waals surface area contributed by atoms with Crippen LogP contribution < -0.4 is 9.47 Å². The summed E-state index contributed by atoms with van der Waals surface area (Å²) in [5, 5.41) is 0. The van der Waals surface area contributed by atoms with Crippen molar-refractivity contribution in [2.24, 2.45) is 0 Å². The normalized spacial score (nSPS) is 13.0. The lowest BCUT2D eigenvalue weighted by Gasteiger charge is -2.24. The van der Waals surface area contributed by atoms with Crippen molar-refractivity contribution in [2.75, 3.05) is 13.7 Å². The van der Waals surface area contributed by atoms with Crippen molar-refractivity contribution in [3.05, 3.63) is 75.9 Å². The maximum Gasteiger partial charge on any atom is 0.198 e. The topological polar surface area (TPSA) is 52.6 Å². The Morgan fingerprint density at radius 2 is 1.66 bits per heavy atom. The highest BCUT2D eigenvalue weighted by atomic mass is 16.5. The molecule has 1 aliphatic rings. The third-order valence-corrected chi connectivity index (χ3v) is 5.24. The fourth-order valence-corrected chi connectivity index (χ4v) is 3.34. The van der Waals surface area contributed by atoms with E-state index in [4.69, 9.17) is 9.47 Å². The van der Waals surface area contributed by atoms with Gasteiger partial charge in [0.1, 0.15) is 18.1 Å². The van der Waals surface area contributed by atoms with Crippen molar-refractivity contribution in [1.29, 1.82) is 0 Å². The van der Waals surface area contributed by atoms with Crippen molar-refractivity contribution in [3.8, 4) is 11.5 Å². The van der Waals surface area contributed by atoms with Gasteiger partial charge in [-0.3, -0.25) is 9.59 Å². The lowest BCUT2D eigenvalue weighted by Crippen LogP contribution is -2.23. The van der Waals surface area contributed by atoms with E-state index in [9.17, 15) is 9.59 Å². The van der Waals surface area contributed by atoms with Crippen LogP contribution in [0.1, 0.15) is 71.0 Å². The van der Waals surface area contributed by atoms with Gasteiger partial charge in [-0.1, -0.05) is 56.3 Å². The molecule has 0 atom stereocenters. The van der Waals surface area contributed by atoms with E-state index < -0.39 is 0 Å². The number of ketones is 2. The maximum atomic E-state index is 13.4. The van der Waals surface area contributed by atoms with Crippen molar-refractivity contribution in [1.82, 2.24) is 0 Å². The van der Waals surface area contributed by atoms with Crippen LogP contribution in [-0.2, 0) is 0 Å². The molecule has 150 valence electrons. The van der Waals surface area contributed by atoms with Gasteiger partial charge in [0.15, 0.2) is 11.6 Å². The number of fused-ring (bicyclic) bond motifs is 2. The molecule has 0 saturated carbocycles. The van der Waals surface area contributed by atoms with Crippen molar-refractivity contribution in [3.63, 3.8) is 0 Å². The third-order valence-electron chi connectivity index (χ3n) is 5.24. The van der Waals surface area contributed by atoms with Crippen LogP contribution in [0.25, 0.3) is 6.08 Å². The quantitative estimate of drug-likeness (QED) is 0.491. The molecule has 29 heavy (non-hydrogen) atoms. The molecule has 4 heteroatoms. The number of carbonyl (C=O) groups is 2. The van der Waals surface area contributed by atoms with Gasteiger partial charge in [0.2, 0.25) is 0 Å². The number of carbonyl (C=O) groups excluding carboxylic acids is 2. The Morgan fingerprint density at radius 3 is 2.21 bits per heavy atom. The Bertz CT molecular complexity index is 1030. The first-order valence-corrected chi connectivity index (χ1v) is 9.82. The number of ether oxygens (including phenoxy) is 2. The molecule has 3 rings (SSSR count). The summed E-state index contributed by atoms with van der Waals surface area (Å²) in [5.74, 6) is 0.338. The molecule has 0 unspecified atom stereocenters. The van der Waals surface area contributed by atoms with Crippen LogP contribution in [0.5, 0.6) is 11.5 Å². The van der Waals surface area contributed by atoms with Crippen molar-refractivity contribution < 1.29 is 19.1 Å². The van der Waals surface area contributed by atoms with E-state index in [0.29, 0.717) is 22.6 Å². The summed E-state index contributed by atoms with van der Waals surface area (Å²) in [5.41, 5.74) is 4.07. The number of hydrogen-bond acceptors (Lipinski definition) is 4. The Labute approximate surface area is 171 Å². The lowest BCUT2D eigenvalue weighted by atomic mass is 9.82. The second-order valence-electron chi connectivity index (χ2n) is 7.19. The Kier molecular flexibility index (Phi) is 6.02. The zero-order chi connectivity index (χ0) is 21.1. The number of benzene rings is 2.